The van der Waals surface area contributed by atoms with Crippen molar-refractivity contribution in [2.45, 2.75) is 6.92 Å². The molecule has 0 aromatic heterocycles. The van der Waals surface area contributed by atoms with Crippen molar-refractivity contribution < 1.29 is 18.7 Å². The Balaban J connectivity index is 2.21. The standard InChI is InChI=1S/C12H15ClFNO3/c1-2-18-12(16)8-17-6-5-15-11-7-9(14)3-4-10(11)13/h3-4,7,15H,2,5-6,8H2,1H3. The third-order valence-corrected chi connectivity index (χ3v) is 2.35. The van der Waals surface area contributed by atoms with Gasteiger partial charge >= 0.3 is 5.97 Å². The maximum atomic E-state index is 12.9. The molecule has 100 valence electrons. The maximum Gasteiger partial charge on any atom is 0.332 e. The Bertz CT molecular complexity index is 401. The van der Waals surface area contributed by atoms with Gasteiger partial charge in [0.05, 0.1) is 23.9 Å². The molecular weight excluding hydrogens is 261 g/mol. The lowest BCUT2D eigenvalue weighted by atomic mass is 10.3. The van der Waals surface area contributed by atoms with E-state index in [1.807, 2.05) is 0 Å². The van der Waals surface area contributed by atoms with Crippen molar-refractivity contribution in [2.75, 3.05) is 31.7 Å². The Morgan fingerprint density at radius 3 is 3.00 bits per heavy atom. The summed E-state index contributed by atoms with van der Waals surface area (Å²) in [6.07, 6.45) is 0. The van der Waals surface area contributed by atoms with Crippen molar-refractivity contribution in [1.29, 1.82) is 0 Å². The first-order valence-corrected chi connectivity index (χ1v) is 5.93. The molecule has 0 atom stereocenters. The number of hydrogen-bond acceptors (Lipinski definition) is 4. The van der Waals surface area contributed by atoms with E-state index in [0.29, 0.717) is 30.5 Å². The molecule has 0 spiro atoms. The number of ether oxygens (including phenoxy) is 2. The quantitative estimate of drug-likeness (QED) is 0.613. The minimum atomic E-state index is -0.402. The van der Waals surface area contributed by atoms with Gasteiger partial charge in [0, 0.05) is 6.54 Å². The van der Waals surface area contributed by atoms with E-state index in [-0.39, 0.29) is 12.4 Å². The third kappa shape index (κ3) is 5.33. The molecule has 6 heteroatoms. The summed E-state index contributed by atoms with van der Waals surface area (Å²) >= 11 is 5.86. The molecule has 0 saturated heterocycles. The minimum Gasteiger partial charge on any atom is -0.464 e. The number of nitrogens with one attached hydrogen (secondary N) is 1. The number of anilines is 1. The van der Waals surface area contributed by atoms with Crippen molar-refractivity contribution in [3.8, 4) is 0 Å². The molecule has 0 aliphatic carbocycles. The zero-order valence-electron chi connectivity index (χ0n) is 10.0. The molecule has 1 aromatic carbocycles. The average molecular weight is 276 g/mol. The van der Waals surface area contributed by atoms with Crippen LogP contribution in [0.3, 0.4) is 0 Å². The van der Waals surface area contributed by atoms with Gasteiger partial charge < -0.3 is 14.8 Å². The Morgan fingerprint density at radius 1 is 1.50 bits per heavy atom. The zero-order valence-corrected chi connectivity index (χ0v) is 10.8. The smallest absolute Gasteiger partial charge is 0.332 e. The van der Waals surface area contributed by atoms with E-state index in [4.69, 9.17) is 16.3 Å². The predicted octanol–water partition coefficient (Wildman–Crippen LogP) is 2.47. The van der Waals surface area contributed by atoms with Crippen LogP contribution in [0, 0.1) is 5.82 Å². The van der Waals surface area contributed by atoms with E-state index in [0.717, 1.165) is 0 Å². The molecule has 0 saturated carbocycles. The van der Waals surface area contributed by atoms with Crippen molar-refractivity contribution in [1.82, 2.24) is 0 Å². The minimum absolute atomic E-state index is 0.0909. The molecule has 4 nitrogen and oxygen atoms in total. The first-order chi connectivity index (χ1) is 8.63. The van der Waals surface area contributed by atoms with E-state index in [2.05, 4.69) is 10.1 Å². The van der Waals surface area contributed by atoms with E-state index < -0.39 is 5.97 Å². The number of hydrogen-bond donors (Lipinski definition) is 1. The number of rotatable bonds is 7. The predicted molar refractivity (Wildman–Crippen MR) is 67.4 cm³/mol. The van der Waals surface area contributed by atoms with Crippen LogP contribution >= 0.6 is 11.6 Å². The van der Waals surface area contributed by atoms with E-state index >= 15 is 0 Å². The molecule has 1 aromatic rings. The van der Waals surface area contributed by atoms with Crippen LogP contribution in [0.1, 0.15) is 6.92 Å². The van der Waals surface area contributed by atoms with Gasteiger partial charge in [-0.1, -0.05) is 11.6 Å². The van der Waals surface area contributed by atoms with Gasteiger partial charge in [-0.05, 0) is 25.1 Å². The highest BCUT2D eigenvalue weighted by Crippen LogP contribution is 2.21. The molecule has 0 unspecified atom stereocenters. The largest absolute Gasteiger partial charge is 0.464 e. The summed E-state index contributed by atoms with van der Waals surface area (Å²) in [5, 5.41) is 3.34. The fourth-order valence-corrected chi connectivity index (χ4v) is 1.43. The molecular formula is C12H15ClFNO3. The Hall–Kier alpha value is -1.33. The fourth-order valence-electron chi connectivity index (χ4n) is 1.25. The Morgan fingerprint density at radius 2 is 2.28 bits per heavy atom. The third-order valence-electron chi connectivity index (χ3n) is 2.02. The number of carbonyl (C=O) groups excluding carboxylic acids is 1. The van der Waals surface area contributed by atoms with Crippen LogP contribution in [0.25, 0.3) is 0 Å². The highest BCUT2D eigenvalue weighted by Gasteiger charge is 2.03. The molecule has 0 fully saturated rings. The average Bonchev–Trinajstić information content (AvgIpc) is 2.33. The molecule has 0 amide bonds. The summed E-state index contributed by atoms with van der Waals surface area (Å²) in [6.45, 7) is 2.69. The highest BCUT2D eigenvalue weighted by molar-refractivity contribution is 6.33. The van der Waals surface area contributed by atoms with Gasteiger partial charge in [0.15, 0.2) is 0 Å². The van der Waals surface area contributed by atoms with Crippen LogP contribution in [-0.4, -0.2) is 32.3 Å². The first kappa shape index (κ1) is 14.7. The van der Waals surface area contributed by atoms with Gasteiger partial charge in [0.1, 0.15) is 12.4 Å². The van der Waals surface area contributed by atoms with Crippen molar-refractivity contribution >= 4 is 23.3 Å². The summed E-state index contributed by atoms with van der Waals surface area (Å²) in [7, 11) is 0. The highest BCUT2D eigenvalue weighted by atomic mass is 35.5. The molecule has 0 aliphatic heterocycles. The maximum absolute atomic E-state index is 12.9. The summed E-state index contributed by atoms with van der Waals surface area (Å²) in [4.78, 5) is 10.9. The molecule has 0 bridgehead atoms. The van der Waals surface area contributed by atoms with Gasteiger partial charge in [-0.3, -0.25) is 0 Å². The normalized spacial score (nSPS) is 10.2. The molecule has 18 heavy (non-hydrogen) atoms. The SMILES string of the molecule is CCOC(=O)COCCNc1cc(F)ccc1Cl. The van der Waals surface area contributed by atoms with Gasteiger partial charge in [-0.25, -0.2) is 9.18 Å². The summed E-state index contributed by atoms with van der Waals surface area (Å²) in [5.41, 5.74) is 0.497. The second-order valence-electron chi connectivity index (χ2n) is 3.41. The lowest BCUT2D eigenvalue weighted by Crippen LogP contribution is -2.16. The van der Waals surface area contributed by atoms with E-state index in [1.54, 1.807) is 6.92 Å². The van der Waals surface area contributed by atoms with Crippen molar-refractivity contribution in [2.24, 2.45) is 0 Å². The fraction of sp³-hybridized carbons (Fsp3) is 0.417. The molecule has 0 heterocycles. The number of carbonyl (C=O) groups is 1. The molecule has 1 N–H and O–H groups in total. The van der Waals surface area contributed by atoms with E-state index in [9.17, 15) is 9.18 Å². The van der Waals surface area contributed by atoms with Gasteiger partial charge in [0.2, 0.25) is 0 Å². The summed E-state index contributed by atoms with van der Waals surface area (Å²) in [5.74, 6) is -0.768. The second-order valence-corrected chi connectivity index (χ2v) is 3.82. The lowest BCUT2D eigenvalue weighted by molar-refractivity contribution is -0.148. The number of benzene rings is 1. The Labute approximate surface area is 110 Å². The summed E-state index contributed by atoms with van der Waals surface area (Å²) in [6, 6.07) is 4.05. The first-order valence-electron chi connectivity index (χ1n) is 5.55. The van der Waals surface area contributed by atoms with Crippen LogP contribution in [-0.2, 0) is 14.3 Å². The number of esters is 1. The molecule has 0 aliphatic rings. The number of halogens is 2. The summed E-state index contributed by atoms with van der Waals surface area (Å²) < 4.78 is 22.7. The van der Waals surface area contributed by atoms with Crippen LogP contribution in [0.5, 0.6) is 0 Å². The topological polar surface area (TPSA) is 47.6 Å². The van der Waals surface area contributed by atoms with Gasteiger partial charge in [0.25, 0.3) is 0 Å². The lowest BCUT2D eigenvalue weighted by Gasteiger charge is -2.08. The van der Waals surface area contributed by atoms with Crippen molar-refractivity contribution in [3.63, 3.8) is 0 Å². The molecule has 1 rings (SSSR count). The Kier molecular flexibility index (Phi) is 6.46. The van der Waals surface area contributed by atoms with Crippen LogP contribution in [0.4, 0.5) is 10.1 Å². The van der Waals surface area contributed by atoms with Crippen LogP contribution in [0.2, 0.25) is 5.02 Å². The molecule has 0 radical (unpaired) electrons. The van der Waals surface area contributed by atoms with Gasteiger partial charge in [-0.15, -0.1) is 0 Å². The van der Waals surface area contributed by atoms with Crippen LogP contribution in [0.15, 0.2) is 18.2 Å². The monoisotopic (exact) mass is 275 g/mol. The van der Waals surface area contributed by atoms with Crippen LogP contribution < -0.4 is 5.32 Å². The van der Waals surface area contributed by atoms with Crippen molar-refractivity contribution in [3.05, 3.63) is 29.0 Å². The zero-order chi connectivity index (χ0) is 13.4. The van der Waals surface area contributed by atoms with E-state index in [1.165, 1.54) is 18.2 Å². The van der Waals surface area contributed by atoms with Gasteiger partial charge in [-0.2, -0.15) is 0 Å². The second kappa shape index (κ2) is 7.89.